The maximum Gasteiger partial charge on any atom is 0.0934 e. The molecule has 0 aliphatic heterocycles. The van der Waals surface area contributed by atoms with E-state index in [1.165, 1.54) is 11.1 Å². The number of aliphatic hydroxyl groups is 2. The van der Waals surface area contributed by atoms with Crippen LogP contribution in [0, 0.1) is 0 Å². The maximum atomic E-state index is 10.2. The molecule has 0 aromatic carbocycles. The number of rotatable bonds is 2. The molecule has 1 aliphatic carbocycles. The van der Waals surface area contributed by atoms with Crippen LogP contribution in [0.5, 0.6) is 0 Å². The summed E-state index contributed by atoms with van der Waals surface area (Å²) in [5.41, 5.74) is 0.995. The number of fused-ring (bicyclic) bond motifs is 1. The lowest BCUT2D eigenvalue weighted by Gasteiger charge is -2.18. The maximum absolute atomic E-state index is 10.2. The molecule has 0 saturated heterocycles. The first-order chi connectivity index (χ1) is 7.21. The standard InChI is InChI=1S/C13H20O2S/c1-12(2,14)10-8-6-5-7-9(8)11(16-10)13(3,4)15/h14-15H,5-7H2,1-4H3. The van der Waals surface area contributed by atoms with Crippen LogP contribution in [-0.4, -0.2) is 10.2 Å². The fourth-order valence-electron chi connectivity index (χ4n) is 2.46. The zero-order valence-electron chi connectivity index (χ0n) is 10.4. The molecule has 0 unspecified atom stereocenters. The molecule has 1 aromatic rings. The van der Waals surface area contributed by atoms with Gasteiger partial charge in [0.05, 0.1) is 11.2 Å². The van der Waals surface area contributed by atoms with Crippen molar-refractivity contribution in [2.75, 3.05) is 0 Å². The third kappa shape index (κ3) is 1.92. The summed E-state index contributed by atoms with van der Waals surface area (Å²) in [5, 5.41) is 20.3. The largest absolute Gasteiger partial charge is 0.385 e. The van der Waals surface area contributed by atoms with Crippen molar-refractivity contribution in [1.29, 1.82) is 0 Å². The number of thiophene rings is 1. The predicted molar refractivity (Wildman–Crippen MR) is 66.8 cm³/mol. The molecule has 0 amide bonds. The molecular formula is C13H20O2S. The Hall–Kier alpha value is -0.380. The molecule has 0 saturated carbocycles. The van der Waals surface area contributed by atoms with E-state index in [-0.39, 0.29) is 0 Å². The minimum absolute atomic E-state index is 0.789. The quantitative estimate of drug-likeness (QED) is 0.834. The topological polar surface area (TPSA) is 40.5 Å². The summed E-state index contributed by atoms with van der Waals surface area (Å²) < 4.78 is 0. The molecule has 2 nitrogen and oxygen atoms in total. The molecule has 0 fully saturated rings. The van der Waals surface area contributed by atoms with E-state index in [2.05, 4.69) is 0 Å². The van der Waals surface area contributed by atoms with Gasteiger partial charge in [-0.1, -0.05) is 0 Å². The van der Waals surface area contributed by atoms with Crippen LogP contribution in [0.3, 0.4) is 0 Å². The lowest BCUT2D eigenvalue weighted by atomic mass is 9.97. The highest BCUT2D eigenvalue weighted by molar-refractivity contribution is 7.12. The normalized spacial score (nSPS) is 16.6. The summed E-state index contributed by atoms with van der Waals surface area (Å²) in [6, 6.07) is 0. The van der Waals surface area contributed by atoms with Crippen LogP contribution in [-0.2, 0) is 24.0 Å². The Labute approximate surface area is 101 Å². The Balaban J connectivity index is 2.59. The molecule has 0 bridgehead atoms. The van der Waals surface area contributed by atoms with Gasteiger partial charge >= 0.3 is 0 Å². The highest BCUT2D eigenvalue weighted by Crippen LogP contribution is 2.44. The molecule has 1 aliphatic rings. The molecule has 3 heteroatoms. The molecule has 90 valence electrons. The van der Waals surface area contributed by atoms with Crippen molar-refractivity contribution in [3.8, 4) is 0 Å². The molecule has 0 radical (unpaired) electrons. The Morgan fingerprint density at radius 2 is 1.25 bits per heavy atom. The Morgan fingerprint density at radius 3 is 1.56 bits per heavy atom. The minimum atomic E-state index is -0.789. The molecule has 16 heavy (non-hydrogen) atoms. The number of hydrogen-bond acceptors (Lipinski definition) is 3. The van der Waals surface area contributed by atoms with Gasteiger partial charge in [0.1, 0.15) is 0 Å². The van der Waals surface area contributed by atoms with Crippen LogP contribution in [0.15, 0.2) is 0 Å². The predicted octanol–water partition coefficient (Wildman–Crippen LogP) is 2.69. The fourth-order valence-corrected chi connectivity index (χ4v) is 3.86. The van der Waals surface area contributed by atoms with Crippen molar-refractivity contribution in [3.05, 3.63) is 20.9 Å². The monoisotopic (exact) mass is 240 g/mol. The average molecular weight is 240 g/mol. The van der Waals surface area contributed by atoms with Crippen LogP contribution < -0.4 is 0 Å². The third-order valence-electron chi connectivity index (χ3n) is 3.08. The van der Waals surface area contributed by atoms with E-state index in [4.69, 9.17) is 0 Å². The van der Waals surface area contributed by atoms with E-state index in [1.807, 2.05) is 27.7 Å². The van der Waals surface area contributed by atoms with Gasteiger partial charge in [0.25, 0.3) is 0 Å². The van der Waals surface area contributed by atoms with Gasteiger partial charge in [-0.15, -0.1) is 11.3 Å². The molecule has 1 aromatic heterocycles. The summed E-state index contributed by atoms with van der Waals surface area (Å²) in [4.78, 5) is 2.08. The smallest absolute Gasteiger partial charge is 0.0934 e. The van der Waals surface area contributed by atoms with Crippen molar-refractivity contribution in [2.24, 2.45) is 0 Å². The fraction of sp³-hybridized carbons (Fsp3) is 0.692. The van der Waals surface area contributed by atoms with Gasteiger partial charge in [-0.2, -0.15) is 0 Å². The summed E-state index contributed by atoms with van der Waals surface area (Å²) in [6.45, 7) is 7.30. The summed E-state index contributed by atoms with van der Waals surface area (Å²) in [7, 11) is 0. The molecule has 0 atom stereocenters. The van der Waals surface area contributed by atoms with Crippen LogP contribution >= 0.6 is 11.3 Å². The second-order valence-corrected chi connectivity index (χ2v) is 6.71. The van der Waals surface area contributed by atoms with Crippen LogP contribution in [0.1, 0.15) is 55.0 Å². The van der Waals surface area contributed by atoms with Gasteiger partial charge in [0, 0.05) is 9.75 Å². The van der Waals surface area contributed by atoms with Crippen molar-refractivity contribution >= 4 is 11.3 Å². The summed E-state index contributed by atoms with van der Waals surface area (Å²) in [6.07, 6.45) is 3.23. The zero-order chi connectivity index (χ0) is 12.1. The van der Waals surface area contributed by atoms with Gasteiger partial charge in [0.2, 0.25) is 0 Å². The second kappa shape index (κ2) is 3.56. The summed E-state index contributed by atoms with van der Waals surface area (Å²) >= 11 is 1.58. The second-order valence-electron chi connectivity index (χ2n) is 5.69. The van der Waals surface area contributed by atoms with Crippen molar-refractivity contribution in [2.45, 2.75) is 58.2 Å². The molecule has 2 rings (SSSR count). The third-order valence-corrected chi connectivity index (χ3v) is 4.98. The molecule has 0 spiro atoms. The highest BCUT2D eigenvalue weighted by atomic mass is 32.1. The van der Waals surface area contributed by atoms with E-state index >= 15 is 0 Å². The van der Waals surface area contributed by atoms with E-state index in [9.17, 15) is 10.2 Å². The van der Waals surface area contributed by atoms with Gasteiger partial charge in [-0.3, -0.25) is 0 Å². The van der Waals surface area contributed by atoms with Crippen LogP contribution in [0.2, 0.25) is 0 Å². The van der Waals surface area contributed by atoms with Crippen molar-refractivity contribution < 1.29 is 10.2 Å². The minimum Gasteiger partial charge on any atom is -0.385 e. The molecule has 2 N–H and O–H groups in total. The average Bonchev–Trinajstić information content (AvgIpc) is 2.54. The first-order valence-corrected chi connectivity index (χ1v) is 6.63. The zero-order valence-corrected chi connectivity index (χ0v) is 11.2. The Bertz CT molecular complexity index is 368. The molecule has 1 heterocycles. The van der Waals surface area contributed by atoms with Gasteiger partial charge in [-0.25, -0.2) is 0 Å². The number of hydrogen-bond donors (Lipinski definition) is 2. The van der Waals surface area contributed by atoms with Gasteiger partial charge in [0.15, 0.2) is 0 Å². The highest BCUT2D eigenvalue weighted by Gasteiger charge is 2.34. The first kappa shape index (κ1) is 12.1. The first-order valence-electron chi connectivity index (χ1n) is 5.81. The van der Waals surface area contributed by atoms with E-state index in [0.29, 0.717) is 0 Å². The van der Waals surface area contributed by atoms with E-state index in [0.717, 1.165) is 29.0 Å². The van der Waals surface area contributed by atoms with Crippen molar-refractivity contribution in [3.63, 3.8) is 0 Å². The Morgan fingerprint density at radius 1 is 0.875 bits per heavy atom. The van der Waals surface area contributed by atoms with Gasteiger partial charge < -0.3 is 10.2 Å². The van der Waals surface area contributed by atoms with Crippen molar-refractivity contribution in [1.82, 2.24) is 0 Å². The SMILES string of the molecule is CC(C)(O)c1sc(C(C)(C)O)c2c1CCC2. The van der Waals surface area contributed by atoms with Crippen LogP contribution in [0.25, 0.3) is 0 Å². The lowest BCUT2D eigenvalue weighted by Crippen LogP contribution is -2.16. The van der Waals surface area contributed by atoms with E-state index < -0.39 is 11.2 Å². The lowest BCUT2D eigenvalue weighted by molar-refractivity contribution is 0.0810. The van der Waals surface area contributed by atoms with E-state index in [1.54, 1.807) is 11.3 Å². The molecular weight excluding hydrogens is 220 g/mol. The Kier molecular flexibility index (Phi) is 2.69. The van der Waals surface area contributed by atoms with Gasteiger partial charge in [-0.05, 0) is 58.1 Å². The van der Waals surface area contributed by atoms with Crippen LogP contribution in [0.4, 0.5) is 0 Å². The summed E-state index contributed by atoms with van der Waals surface area (Å²) in [5.74, 6) is 0.